The second-order valence-corrected chi connectivity index (χ2v) is 12.4. The first kappa shape index (κ1) is 23.8. The maximum absolute atomic E-state index is 9.09. The van der Waals surface area contributed by atoms with Crippen molar-refractivity contribution in [3.8, 4) is 33.4 Å². The van der Waals surface area contributed by atoms with E-state index in [-0.39, 0.29) is 0 Å². The van der Waals surface area contributed by atoms with Crippen LogP contribution in [0.15, 0.2) is 127 Å². The number of hydrogen-bond donors (Lipinski definition) is 0. The molecule has 2 aliphatic rings. The molecule has 206 valence electrons. The van der Waals surface area contributed by atoms with Crippen molar-refractivity contribution in [3.63, 3.8) is 0 Å². The lowest BCUT2D eigenvalue weighted by Crippen LogP contribution is -2.04. The number of fused-ring (bicyclic) bond motifs is 9. The van der Waals surface area contributed by atoms with Crippen molar-refractivity contribution in [2.75, 3.05) is 0 Å². The molecule has 0 bridgehead atoms. The molecule has 0 heteroatoms. The van der Waals surface area contributed by atoms with Crippen LogP contribution in [0.1, 0.15) is 56.1 Å². The lowest BCUT2D eigenvalue weighted by atomic mass is 9.83. The van der Waals surface area contributed by atoms with Gasteiger partial charge in [-0.2, -0.15) is 0 Å². The summed E-state index contributed by atoms with van der Waals surface area (Å²) in [5, 5.41) is 7.88. The summed E-state index contributed by atoms with van der Waals surface area (Å²) in [5.74, 6) is -0.419. The van der Waals surface area contributed by atoms with Gasteiger partial charge in [0.2, 0.25) is 0 Å². The molecule has 7 aromatic carbocycles. The van der Waals surface area contributed by atoms with Gasteiger partial charge in [0.25, 0.3) is 0 Å². The summed E-state index contributed by atoms with van der Waals surface area (Å²) in [4.78, 5) is 0. The van der Waals surface area contributed by atoms with Crippen molar-refractivity contribution in [1.82, 2.24) is 0 Å². The van der Waals surface area contributed by atoms with E-state index in [0.29, 0.717) is 0 Å². The van der Waals surface area contributed by atoms with E-state index >= 15 is 0 Å². The zero-order valence-electron chi connectivity index (χ0n) is 25.4. The van der Waals surface area contributed by atoms with E-state index in [2.05, 4.69) is 127 Å². The molecule has 0 nitrogen and oxygen atoms in total. The van der Waals surface area contributed by atoms with Gasteiger partial charge < -0.3 is 0 Å². The molecule has 0 aliphatic heterocycles. The Kier molecular flexibility index (Phi) is 5.52. The Morgan fingerprint density at radius 1 is 0.419 bits per heavy atom. The van der Waals surface area contributed by atoms with E-state index in [1.807, 2.05) is 0 Å². The van der Waals surface area contributed by atoms with E-state index in [0.717, 1.165) is 19.3 Å². The highest BCUT2D eigenvalue weighted by molar-refractivity contribution is 6.25. The standard InChI is InChI=1S/C43H34/c1-2-10-28(11-3-1)29-20-22-30(23-21-29)32-16-8-18-38-39-19-9-17-33(43(39)27-42(32)38)31-24-25-40-36-14-5-4-12-34(36)35-13-6-7-15-37(35)41(40)26-31/h4-9,12-26,28H,1-3,10-11,27H2/i28D. The Morgan fingerprint density at radius 3 is 1.51 bits per heavy atom. The Morgan fingerprint density at radius 2 is 0.907 bits per heavy atom. The molecule has 0 saturated heterocycles. The van der Waals surface area contributed by atoms with Crippen LogP contribution in [0.5, 0.6) is 0 Å². The van der Waals surface area contributed by atoms with Crippen LogP contribution in [0.25, 0.3) is 65.7 Å². The highest BCUT2D eigenvalue weighted by Crippen LogP contribution is 2.46. The summed E-state index contributed by atoms with van der Waals surface area (Å²) in [7, 11) is 0. The Balaban J connectivity index is 1.14. The molecule has 0 atom stereocenters. The second-order valence-electron chi connectivity index (χ2n) is 12.4. The minimum absolute atomic E-state index is 0.419. The second kappa shape index (κ2) is 9.96. The smallest absolute Gasteiger partial charge is 0.0352 e. The lowest BCUT2D eigenvalue weighted by molar-refractivity contribution is 0.443. The normalized spacial score (nSPS) is 15.9. The van der Waals surface area contributed by atoms with Crippen LogP contribution in [0.3, 0.4) is 0 Å². The molecule has 0 heterocycles. The molecule has 0 amide bonds. The summed E-state index contributed by atoms with van der Waals surface area (Å²) in [6, 6.07) is 47.3. The highest BCUT2D eigenvalue weighted by atomic mass is 14.3. The fraction of sp³-hybridized carbons (Fsp3) is 0.163. The van der Waals surface area contributed by atoms with Crippen LogP contribution < -0.4 is 0 Å². The number of rotatable bonds is 3. The molecule has 0 unspecified atom stereocenters. The van der Waals surface area contributed by atoms with Crippen LogP contribution in [-0.4, -0.2) is 0 Å². The van der Waals surface area contributed by atoms with Gasteiger partial charge in [-0.05, 0) is 114 Å². The minimum Gasteiger partial charge on any atom is -0.0616 e. The molecular formula is C43H34. The molecule has 9 rings (SSSR count). The molecule has 43 heavy (non-hydrogen) atoms. The van der Waals surface area contributed by atoms with Gasteiger partial charge in [0.1, 0.15) is 0 Å². The average Bonchev–Trinajstić information content (AvgIpc) is 3.48. The zero-order chi connectivity index (χ0) is 29.3. The lowest BCUT2D eigenvalue weighted by Gasteiger charge is -2.22. The van der Waals surface area contributed by atoms with Gasteiger partial charge in [-0.25, -0.2) is 0 Å². The molecule has 1 fully saturated rings. The minimum atomic E-state index is -0.419. The molecule has 7 aromatic rings. The van der Waals surface area contributed by atoms with Gasteiger partial charge in [-0.1, -0.05) is 141 Å². The molecule has 0 aromatic heterocycles. The van der Waals surface area contributed by atoms with Crippen molar-refractivity contribution in [2.45, 2.75) is 44.4 Å². The maximum atomic E-state index is 9.09. The average molecular weight is 552 g/mol. The largest absolute Gasteiger partial charge is 0.0616 e. The molecule has 0 spiro atoms. The highest BCUT2D eigenvalue weighted by Gasteiger charge is 2.25. The number of benzene rings is 7. The SMILES string of the molecule is [2H]C1(c2ccc(-c3cccc4c3Cc3c(-c5ccc6c7ccccc7c7ccccc7c6c5)cccc3-4)cc2)CCCCC1. The van der Waals surface area contributed by atoms with Gasteiger partial charge in [-0.3, -0.25) is 0 Å². The molecule has 2 aliphatic carbocycles. The van der Waals surface area contributed by atoms with Crippen molar-refractivity contribution in [1.29, 1.82) is 0 Å². The number of hydrogen-bond acceptors (Lipinski definition) is 0. The summed E-state index contributed by atoms with van der Waals surface area (Å²) < 4.78 is 9.09. The monoisotopic (exact) mass is 551 g/mol. The van der Waals surface area contributed by atoms with E-state index in [1.54, 1.807) is 0 Å². The first-order valence-electron chi connectivity index (χ1n) is 16.4. The van der Waals surface area contributed by atoms with Gasteiger partial charge in [-0.15, -0.1) is 0 Å². The van der Waals surface area contributed by atoms with Crippen LogP contribution >= 0.6 is 0 Å². The van der Waals surface area contributed by atoms with Gasteiger partial charge in [0.05, 0.1) is 0 Å². The summed E-state index contributed by atoms with van der Waals surface area (Å²) in [5.41, 5.74) is 11.9. The summed E-state index contributed by atoms with van der Waals surface area (Å²) in [6.45, 7) is 0. The van der Waals surface area contributed by atoms with Gasteiger partial charge in [0, 0.05) is 1.37 Å². The van der Waals surface area contributed by atoms with E-state index in [4.69, 9.17) is 1.37 Å². The third kappa shape index (κ3) is 3.97. The van der Waals surface area contributed by atoms with Crippen LogP contribution in [0.2, 0.25) is 0 Å². The quantitative estimate of drug-likeness (QED) is 0.192. The topological polar surface area (TPSA) is 0 Å². The molecular weight excluding hydrogens is 516 g/mol. The maximum Gasteiger partial charge on any atom is 0.0352 e. The molecule has 0 radical (unpaired) electrons. The van der Waals surface area contributed by atoms with Crippen molar-refractivity contribution < 1.29 is 1.37 Å². The molecule has 1 saturated carbocycles. The Hall–Kier alpha value is -4.68. The van der Waals surface area contributed by atoms with Crippen molar-refractivity contribution >= 4 is 32.3 Å². The molecule has 0 N–H and O–H groups in total. The van der Waals surface area contributed by atoms with E-state index in [1.165, 1.54) is 102 Å². The van der Waals surface area contributed by atoms with E-state index in [9.17, 15) is 0 Å². The van der Waals surface area contributed by atoms with E-state index < -0.39 is 5.89 Å². The zero-order valence-corrected chi connectivity index (χ0v) is 24.4. The van der Waals surface area contributed by atoms with Crippen molar-refractivity contribution in [2.24, 2.45) is 0 Å². The third-order valence-electron chi connectivity index (χ3n) is 10.1. The summed E-state index contributed by atoms with van der Waals surface area (Å²) >= 11 is 0. The van der Waals surface area contributed by atoms with Crippen molar-refractivity contribution in [3.05, 3.63) is 144 Å². The predicted octanol–water partition coefficient (Wildman–Crippen LogP) is 12.1. The predicted molar refractivity (Wildman–Crippen MR) is 184 cm³/mol. The fourth-order valence-electron chi connectivity index (χ4n) is 8.00. The third-order valence-corrected chi connectivity index (χ3v) is 10.1. The Bertz CT molecular complexity index is 2200. The summed E-state index contributed by atoms with van der Waals surface area (Å²) in [6.07, 6.45) is 6.49. The van der Waals surface area contributed by atoms with Crippen LogP contribution in [0.4, 0.5) is 0 Å². The first-order valence-corrected chi connectivity index (χ1v) is 15.9. The van der Waals surface area contributed by atoms with Gasteiger partial charge in [0.15, 0.2) is 0 Å². The van der Waals surface area contributed by atoms with Gasteiger partial charge >= 0.3 is 0 Å². The first-order chi connectivity index (χ1) is 21.7. The Labute approximate surface area is 255 Å². The fourth-order valence-corrected chi connectivity index (χ4v) is 8.00. The van der Waals surface area contributed by atoms with Crippen LogP contribution in [-0.2, 0) is 6.42 Å². The van der Waals surface area contributed by atoms with Crippen LogP contribution in [0, 0.1) is 0 Å².